The average molecular weight is 670 g/mol. The van der Waals surface area contributed by atoms with Crippen LogP contribution in [0.15, 0.2) is 78.9 Å². The van der Waals surface area contributed by atoms with Crippen molar-refractivity contribution in [1.82, 2.24) is 15.1 Å². The molecule has 2 fully saturated rings. The zero-order valence-corrected chi connectivity index (χ0v) is 28.1. The number of carbonyl (C=O) groups is 4. The van der Waals surface area contributed by atoms with E-state index in [1.165, 1.54) is 4.90 Å². The van der Waals surface area contributed by atoms with Crippen LogP contribution in [0.25, 0.3) is 0 Å². The van der Waals surface area contributed by atoms with Gasteiger partial charge in [0.15, 0.2) is 0 Å². The van der Waals surface area contributed by atoms with E-state index >= 15 is 0 Å². The van der Waals surface area contributed by atoms with Crippen LogP contribution in [-0.4, -0.2) is 71.9 Å². The third-order valence-electron chi connectivity index (χ3n) is 9.09. The predicted molar refractivity (Wildman–Crippen MR) is 180 cm³/mol. The van der Waals surface area contributed by atoms with Gasteiger partial charge in [-0.2, -0.15) is 0 Å². The summed E-state index contributed by atoms with van der Waals surface area (Å²) >= 11 is 0. The number of hydrogen-bond acceptors (Lipinski definition) is 8. The van der Waals surface area contributed by atoms with Crippen LogP contribution in [0.5, 0.6) is 5.75 Å². The maximum absolute atomic E-state index is 14.5. The Bertz CT molecular complexity index is 1660. The lowest BCUT2D eigenvalue weighted by Gasteiger charge is -2.29. The van der Waals surface area contributed by atoms with Crippen LogP contribution in [0.2, 0.25) is 0 Å². The maximum atomic E-state index is 14.5. The summed E-state index contributed by atoms with van der Waals surface area (Å²) in [6.45, 7) is 6.72. The van der Waals surface area contributed by atoms with Gasteiger partial charge in [-0.3, -0.25) is 4.79 Å². The topological polar surface area (TPSA) is 124 Å². The number of cyclic esters (lactones) is 1. The summed E-state index contributed by atoms with van der Waals surface area (Å²) in [5, 5.41) is 2.90. The van der Waals surface area contributed by atoms with Gasteiger partial charge < -0.3 is 29.2 Å². The average Bonchev–Trinajstić information content (AvgIpc) is 3.82. The Hall–Kier alpha value is -5.06. The molecule has 0 aromatic heterocycles. The fourth-order valence-electron chi connectivity index (χ4n) is 6.68. The number of amides is 4. The lowest BCUT2D eigenvalue weighted by atomic mass is 9.84. The Morgan fingerprint density at radius 1 is 0.918 bits per heavy atom. The monoisotopic (exact) mass is 669 g/mol. The van der Waals surface area contributed by atoms with Gasteiger partial charge >= 0.3 is 18.3 Å². The van der Waals surface area contributed by atoms with Gasteiger partial charge in [-0.05, 0) is 74.8 Å². The van der Waals surface area contributed by atoms with Crippen molar-refractivity contribution >= 4 is 24.2 Å². The number of ether oxygens (including phenoxy) is 4. The van der Waals surface area contributed by atoms with Crippen molar-refractivity contribution in [3.8, 4) is 5.75 Å². The molecule has 3 aliphatic heterocycles. The van der Waals surface area contributed by atoms with E-state index in [0.717, 1.165) is 22.3 Å². The molecule has 3 heterocycles. The van der Waals surface area contributed by atoms with Crippen molar-refractivity contribution in [3.63, 3.8) is 0 Å². The number of likely N-dealkylation sites (tertiary alicyclic amines) is 1. The summed E-state index contributed by atoms with van der Waals surface area (Å²) in [4.78, 5) is 56.2. The van der Waals surface area contributed by atoms with E-state index in [9.17, 15) is 19.2 Å². The van der Waals surface area contributed by atoms with Crippen molar-refractivity contribution in [2.24, 2.45) is 11.8 Å². The summed E-state index contributed by atoms with van der Waals surface area (Å²) in [5.74, 6) is -0.533. The first-order valence-corrected chi connectivity index (χ1v) is 16.8. The second-order valence-corrected chi connectivity index (χ2v) is 13.9. The van der Waals surface area contributed by atoms with Crippen LogP contribution < -0.4 is 10.1 Å². The lowest BCUT2D eigenvalue weighted by Crippen LogP contribution is -2.46. The first-order valence-electron chi connectivity index (χ1n) is 16.8. The van der Waals surface area contributed by atoms with Crippen LogP contribution in [0.1, 0.15) is 55.5 Å². The van der Waals surface area contributed by atoms with Crippen molar-refractivity contribution in [1.29, 1.82) is 0 Å². The number of alkyl carbamates (subject to hydrolysis) is 1. The Balaban J connectivity index is 1.21. The number of benzene rings is 3. The smallest absolute Gasteiger partial charge is 0.416 e. The second-order valence-electron chi connectivity index (χ2n) is 13.9. The quantitative estimate of drug-likeness (QED) is 0.273. The van der Waals surface area contributed by atoms with E-state index in [-0.39, 0.29) is 31.6 Å². The molecule has 4 amide bonds. The van der Waals surface area contributed by atoms with Crippen LogP contribution in [0.4, 0.5) is 14.4 Å². The van der Waals surface area contributed by atoms with Gasteiger partial charge in [0.05, 0.1) is 12.1 Å². The molecule has 3 aromatic carbocycles. The fraction of sp³-hybridized carbons (Fsp3) is 0.421. The van der Waals surface area contributed by atoms with E-state index in [1.54, 1.807) is 4.90 Å². The van der Waals surface area contributed by atoms with Crippen molar-refractivity contribution in [2.75, 3.05) is 26.3 Å². The van der Waals surface area contributed by atoms with Gasteiger partial charge in [0, 0.05) is 24.6 Å². The zero-order valence-electron chi connectivity index (χ0n) is 28.1. The number of imide groups is 1. The van der Waals surface area contributed by atoms with Crippen LogP contribution >= 0.6 is 0 Å². The maximum Gasteiger partial charge on any atom is 0.416 e. The number of nitrogens with one attached hydrogen (secondary N) is 1. The third-order valence-corrected chi connectivity index (χ3v) is 9.09. The summed E-state index contributed by atoms with van der Waals surface area (Å²) in [6, 6.07) is 23.9. The highest BCUT2D eigenvalue weighted by atomic mass is 16.6. The Labute approximate surface area is 286 Å². The molecule has 258 valence electrons. The minimum absolute atomic E-state index is 0.116. The van der Waals surface area contributed by atoms with Gasteiger partial charge in [-0.1, -0.05) is 66.7 Å². The molecule has 2 saturated heterocycles. The van der Waals surface area contributed by atoms with Gasteiger partial charge in [-0.15, -0.1) is 0 Å². The summed E-state index contributed by atoms with van der Waals surface area (Å²) < 4.78 is 22.3. The molecule has 0 saturated carbocycles. The molecular formula is C38H43N3O8. The molecule has 0 aliphatic carbocycles. The first-order chi connectivity index (χ1) is 23.5. The van der Waals surface area contributed by atoms with E-state index in [1.807, 2.05) is 99.6 Å². The Morgan fingerprint density at radius 3 is 2.35 bits per heavy atom. The molecule has 3 aromatic rings. The van der Waals surface area contributed by atoms with Gasteiger partial charge in [0.1, 0.15) is 31.2 Å². The minimum Gasteiger partial charge on any atom is -0.491 e. The van der Waals surface area contributed by atoms with Gasteiger partial charge in [0.2, 0.25) is 5.91 Å². The molecule has 11 nitrogen and oxygen atoms in total. The Kier molecular flexibility index (Phi) is 10.1. The van der Waals surface area contributed by atoms with E-state index in [2.05, 4.69) is 5.32 Å². The molecule has 4 atom stereocenters. The molecule has 3 aliphatic rings. The number of carbonyl (C=O) groups excluding carboxylic acids is 4. The molecule has 6 rings (SSSR count). The standard InChI is InChI=1S/C38H43N3O8/c1-38(2,3)49-36(44)40-17-16-28(21-40)30(34(42)41-29(23-48-37(41)45)18-25-10-6-4-7-11-25)19-27-14-15-33-31(20-27)32(24-46-33)39-35(43)47-22-26-12-8-5-9-13-26/h4-15,20,28-30,32H,16-19,21-24H2,1-3H3,(H,39,43)/t28-,29-,30-,32-/m0/s1. The van der Waals surface area contributed by atoms with Crippen LogP contribution in [-0.2, 0) is 38.5 Å². The summed E-state index contributed by atoms with van der Waals surface area (Å²) in [7, 11) is 0. The highest BCUT2D eigenvalue weighted by Gasteiger charge is 2.45. The number of hydrogen-bond donors (Lipinski definition) is 1. The molecule has 0 bridgehead atoms. The first kappa shape index (κ1) is 33.8. The SMILES string of the molecule is CC(C)(C)OC(=O)N1CC[C@H]([C@H](Cc2ccc3c(c2)[C@@H](NC(=O)OCc2ccccc2)CO3)C(=O)N2C(=O)OC[C@@H]2Cc2ccccc2)C1. The third kappa shape index (κ3) is 8.33. The number of fused-ring (bicyclic) bond motifs is 1. The van der Waals surface area contributed by atoms with Crippen molar-refractivity contribution < 1.29 is 38.1 Å². The molecule has 0 spiro atoms. The lowest BCUT2D eigenvalue weighted by molar-refractivity contribution is -0.135. The molecule has 11 heteroatoms. The molecule has 1 N–H and O–H groups in total. The summed E-state index contributed by atoms with van der Waals surface area (Å²) in [6.07, 6.45) is -0.276. The predicted octanol–water partition coefficient (Wildman–Crippen LogP) is 6.05. The largest absolute Gasteiger partial charge is 0.491 e. The van der Waals surface area contributed by atoms with E-state index < -0.39 is 41.9 Å². The zero-order chi connectivity index (χ0) is 34.5. The Morgan fingerprint density at radius 2 is 1.63 bits per heavy atom. The van der Waals surface area contributed by atoms with Crippen molar-refractivity contribution in [2.45, 2.75) is 64.3 Å². The van der Waals surface area contributed by atoms with Gasteiger partial charge in [-0.25, -0.2) is 19.3 Å². The van der Waals surface area contributed by atoms with Crippen LogP contribution in [0, 0.1) is 11.8 Å². The fourth-order valence-corrected chi connectivity index (χ4v) is 6.68. The number of nitrogens with zero attached hydrogens (tertiary/aromatic N) is 2. The summed E-state index contributed by atoms with van der Waals surface area (Å²) in [5.41, 5.74) is 2.85. The highest BCUT2D eigenvalue weighted by molar-refractivity contribution is 5.95. The highest BCUT2D eigenvalue weighted by Crippen LogP contribution is 2.36. The number of rotatable bonds is 9. The normalized spacial score (nSPS) is 20.6. The molecule has 49 heavy (non-hydrogen) atoms. The van der Waals surface area contributed by atoms with Gasteiger partial charge in [0.25, 0.3) is 0 Å². The second kappa shape index (κ2) is 14.6. The minimum atomic E-state index is -0.654. The van der Waals surface area contributed by atoms with Crippen LogP contribution in [0.3, 0.4) is 0 Å². The molecule has 0 unspecified atom stereocenters. The molecule has 0 radical (unpaired) electrons. The van der Waals surface area contributed by atoms with E-state index in [4.69, 9.17) is 18.9 Å². The molecular weight excluding hydrogens is 626 g/mol. The van der Waals surface area contributed by atoms with Crippen molar-refractivity contribution in [3.05, 3.63) is 101 Å². The van der Waals surface area contributed by atoms with E-state index in [0.29, 0.717) is 38.1 Å².